The Morgan fingerprint density at radius 3 is 2.42 bits per heavy atom. The smallest absolute Gasteiger partial charge is 0.263 e. The number of carbonyl (C=O) groups is 2. The molecule has 0 saturated heterocycles. The van der Waals surface area contributed by atoms with Crippen LogP contribution in [0.15, 0.2) is 60.7 Å². The van der Waals surface area contributed by atoms with Gasteiger partial charge in [-0.1, -0.05) is 25.1 Å². The molecule has 1 aliphatic rings. The Hall–Kier alpha value is -4.07. The van der Waals surface area contributed by atoms with E-state index in [1.807, 2.05) is 13.0 Å². The molecule has 3 aromatic rings. The highest BCUT2D eigenvalue weighted by Gasteiger charge is 2.30. The molecule has 0 saturated carbocycles. The molecule has 2 amide bonds. The first kappa shape index (κ1) is 25.0. The van der Waals surface area contributed by atoms with Gasteiger partial charge in [-0.05, 0) is 60.9 Å². The van der Waals surface area contributed by atoms with Gasteiger partial charge in [0.15, 0.2) is 6.10 Å². The fourth-order valence-corrected chi connectivity index (χ4v) is 4.22. The molecule has 188 valence electrons. The minimum atomic E-state index is -0.599. The van der Waals surface area contributed by atoms with Gasteiger partial charge in [0.2, 0.25) is 0 Å². The third-order valence-electron chi connectivity index (χ3n) is 6.15. The van der Waals surface area contributed by atoms with Gasteiger partial charge < -0.3 is 24.4 Å². The fourth-order valence-electron chi connectivity index (χ4n) is 4.22. The van der Waals surface area contributed by atoms with Crippen molar-refractivity contribution in [3.05, 3.63) is 83.2 Å². The minimum absolute atomic E-state index is 0.0971. The molecule has 1 aliphatic heterocycles. The number of nitrogens with one attached hydrogen (secondary N) is 1. The first-order valence-electron chi connectivity index (χ1n) is 11.8. The standard InChI is InChI=1S/C28H29FN2O5/c1-4-22-28(33)31(15-14-18-8-10-20(29)11-9-18)17-19-16-21(12-13-23(19)36-22)30-27(32)26-24(34-2)6-5-7-25(26)35-3/h5-13,16,22H,4,14-15,17H2,1-3H3,(H,30,32)/t22-/m0/s1. The predicted molar refractivity (Wildman–Crippen MR) is 134 cm³/mol. The maximum absolute atomic E-state index is 13.3. The van der Waals surface area contributed by atoms with Crippen LogP contribution in [0.5, 0.6) is 17.2 Å². The van der Waals surface area contributed by atoms with E-state index in [2.05, 4.69) is 5.32 Å². The molecule has 0 aliphatic carbocycles. The summed E-state index contributed by atoms with van der Waals surface area (Å²) in [5, 5.41) is 2.90. The highest BCUT2D eigenvalue weighted by molar-refractivity contribution is 6.08. The van der Waals surface area contributed by atoms with Gasteiger partial charge >= 0.3 is 0 Å². The number of nitrogens with zero attached hydrogens (tertiary/aromatic N) is 1. The summed E-state index contributed by atoms with van der Waals surface area (Å²) in [6.07, 6.45) is 0.511. The van der Waals surface area contributed by atoms with E-state index in [1.165, 1.54) is 26.4 Å². The van der Waals surface area contributed by atoms with E-state index in [4.69, 9.17) is 14.2 Å². The van der Waals surface area contributed by atoms with E-state index < -0.39 is 6.10 Å². The number of anilines is 1. The van der Waals surface area contributed by atoms with Gasteiger partial charge in [0.05, 0.1) is 14.2 Å². The van der Waals surface area contributed by atoms with Crippen LogP contribution >= 0.6 is 0 Å². The number of methoxy groups -OCH3 is 2. The maximum Gasteiger partial charge on any atom is 0.263 e. The Kier molecular flexibility index (Phi) is 7.73. The van der Waals surface area contributed by atoms with E-state index in [0.29, 0.717) is 48.9 Å². The quantitative estimate of drug-likeness (QED) is 0.487. The first-order chi connectivity index (χ1) is 17.4. The van der Waals surface area contributed by atoms with E-state index in [0.717, 1.165) is 11.1 Å². The van der Waals surface area contributed by atoms with Gasteiger partial charge in [-0.15, -0.1) is 0 Å². The molecule has 0 fully saturated rings. The van der Waals surface area contributed by atoms with E-state index >= 15 is 0 Å². The molecule has 1 atom stereocenters. The predicted octanol–water partition coefficient (Wildman–Crippen LogP) is 4.84. The number of hydrogen-bond acceptors (Lipinski definition) is 5. The van der Waals surface area contributed by atoms with Crippen molar-refractivity contribution < 1.29 is 28.2 Å². The van der Waals surface area contributed by atoms with E-state index in [-0.39, 0.29) is 23.2 Å². The number of halogens is 1. The minimum Gasteiger partial charge on any atom is -0.496 e. The monoisotopic (exact) mass is 492 g/mol. The van der Waals surface area contributed by atoms with Crippen molar-refractivity contribution in [3.63, 3.8) is 0 Å². The Morgan fingerprint density at radius 2 is 1.78 bits per heavy atom. The summed E-state index contributed by atoms with van der Waals surface area (Å²) in [5.74, 6) is 0.627. The maximum atomic E-state index is 13.3. The number of hydrogen-bond donors (Lipinski definition) is 1. The molecule has 1 heterocycles. The van der Waals surface area contributed by atoms with E-state index in [1.54, 1.807) is 47.4 Å². The van der Waals surface area contributed by atoms with Crippen molar-refractivity contribution >= 4 is 17.5 Å². The molecule has 0 bridgehead atoms. The summed E-state index contributed by atoms with van der Waals surface area (Å²) in [7, 11) is 2.99. The van der Waals surface area contributed by atoms with Crippen LogP contribution in [0.4, 0.5) is 10.1 Å². The number of rotatable bonds is 8. The normalized spacial score (nSPS) is 14.9. The zero-order valence-electron chi connectivity index (χ0n) is 20.5. The molecule has 0 radical (unpaired) electrons. The Morgan fingerprint density at radius 1 is 1.08 bits per heavy atom. The summed E-state index contributed by atoms with van der Waals surface area (Å²) in [4.78, 5) is 28.0. The first-order valence-corrected chi connectivity index (χ1v) is 11.8. The fraction of sp³-hybridized carbons (Fsp3) is 0.286. The number of carbonyl (C=O) groups excluding carboxylic acids is 2. The molecule has 8 heteroatoms. The second-order valence-electron chi connectivity index (χ2n) is 8.47. The molecule has 4 rings (SSSR count). The van der Waals surface area contributed by atoms with Crippen LogP contribution in [0.1, 0.15) is 34.8 Å². The lowest BCUT2D eigenvalue weighted by molar-refractivity contribution is -0.138. The van der Waals surface area contributed by atoms with Crippen molar-refractivity contribution in [1.82, 2.24) is 4.90 Å². The van der Waals surface area contributed by atoms with Gasteiger partial charge in [0.25, 0.3) is 11.8 Å². The van der Waals surface area contributed by atoms with Crippen molar-refractivity contribution in [3.8, 4) is 17.2 Å². The molecule has 0 unspecified atom stereocenters. The van der Waals surface area contributed by atoms with Gasteiger partial charge in [0, 0.05) is 24.3 Å². The largest absolute Gasteiger partial charge is 0.496 e. The van der Waals surface area contributed by atoms with Crippen molar-refractivity contribution in [2.75, 3.05) is 26.1 Å². The second-order valence-corrected chi connectivity index (χ2v) is 8.47. The topological polar surface area (TPSA) is 77.1 Å². The molecule has 0 spiro atoms. The van der Waals surface area contributed by atoms with Crippen molar-refractivity contribution in [2.45, 2.75) is 32.4 Å². The SMILES string of the molecule is CC[C@@H]1Oc2ccc(NC(=O)c3c(OC)cccc3OC)cc2CN(CCc2ccc(F)cc2)C1=O. The highest BCUT2D eigenvalue weighted by Crippen LogP contribution is 2.32. The van der Waals surface area contributed by atoms with Crippen LogP contribution in [0.25, 0.3) is 0 Å². The average molecular weight is 493 g/mol. The third-order valence-corrected chi connectivity index (χ3v) is 6.15. The lowest BCUT2D eigenvalue weighted by atomic mass is 10.1. The van der Waals surface area contributed by atoms with Crippen LogP contribution in [0.2, 0.25) is 0 Å². The highest BCUT2D eigenvalue weighted by atomic mass is 19.1. The molecule has 36 heavy (non-hydrogen) atoms. The summed E-state index contributed by atoms with van der Waals surface area (Å²) < 4.78 is 30.0. The lowest BCUT2D eigenvalue weighted by Crippen LogP contribution is -2.40. The molecule has 7 nitrogen and oxygen atoms in total. The Balaban J connectivity index is 1.56. The molecular weight excluding hydrogens is 463 g/mol. The molecule has 0 aromatic heterocycles. The molecular formula is C28H29FN2O5. The average Bonchev–Trinajstić information content (AvgIpc) is 3.03. The number of fused-ring (bicyclic) bond motifs is 1. The van der Waals surface area contributed by atoms with Crippen LogP contribution in [0.3, 0.4) is 0 Å². The van der Waals surface area contributed by atoms with Crippen LogP contribution in [-0.4, -0.2) is 43.6 Å². The van der Waals surface area contributed by atoms with Crippen molar-refractivity contribution in [1.29, 1.82) is 0 Å². The van der Waals surface area contributed by atoms with Gasteiger partial charge in [-0.2, -0.15) is 0 Å². The van der Waals surface area contributed by atoms with Gasteiger partial charge in [0.1, 0.15) is 28.6 Å². The van der Waals surface area contributed by atoms with Gasteiger partial charge in [-0.25, -0.2) is 4.39 Å². The Labute approximate surface area is 209 Å². The van der Waals surface area contributed by atoms with Gasteiger partial charge in [-0.3, -0.25) is 9.59 Å². The Bertz CT molecular complexity index is 1220. The lowest BCUT2D eigenvalue weighted by Gasteiger charge is -2.23. The zero-order chi connectivity index (χ0) is 25.7. The summed E-state index contributed by atoms with van der Waals surface area (Å²) in [6, 6.07) is 16.7. The molecule has 1 N–H and O–H groups in total. The number of ether oxygens (including phenoxy) is 3. The van der Waals surface area contributed by atoms with Crippen molar-refractivity contribution in [2.24, 2.45) is 0 Å². The van der Waals surface area contributed by atoms with E-state index in [9.17, 15) is 14.0 Å². The molecule has 3 aromatic carbocycles. The summed E-state index contributed by atoms with van der Waals surface area (Å²) in [6.45, 7) is 2.69. The summed E-state index contributed by atoms with van der Waals surface area (Å²) in [5.41, 5.74) is 2.56. The number of amides is 2. The second kappa shape index (κ2) is 11.1. The number of benzene rings is 3. The third kappa shape index (κ3) is 5.43. The zero-order valence-corrected chi connectivity index (χ0v) is 20.5. The van der Waals surface area contributed by atoms with Crippen LogP contribution < -0.4 is 19.5 Å². The summed E-state index contributed by atoms with van der Waals surface area (Å²) >= 11 is 0. The van der Waals surface area contributed by atoms with Crippen LogP contribution in [0, 0.1) is 5.82 Å². The van der Waals surface area contributed by atoms with Crippen LogP contribution in [-0.2, 0) is 17.8 Å².